The van der Waals surface area contributed by atoms with Crippen molar-refractivity contribution in [3.05, 3.63) is 96.4 Å². The largest absolute Gasteiger partial charge is 0.418 e. The van der Waals surface area contributed by atoms with Crippen LogP contribution in [0.3, 0.4) is 0 Å². The fourth-order valence-electron chi connectivity index (χ4n) is 4.13. The number of nitrogens with one attached hydrogen (secondary N) is 1. The summed E-state index contributed by atoms with van der Waals surface area (Å²) in [6.07, 6.45) is -3.68. The van der Waals surface area contributed by atoms with Crippen LogP contribution in [0.25, 0.3) is 16.7 Å². The SMILES string of the molecule is Cn1c(=O)cc(Nc2ccc(Cl)cc2)c2c(=O)n(C3CC3)c(=O)n(-c3ccccc3C(F)(F)F)c21. The number of anilines is 2. The van der Waals surface area contributed by atoms with Gasteiger partial charge < -0.3 is 5.32 Å². The Balaban J connectivity index is 1.93. The molecule has 0 saturated heterocycles. The van der Waals surface area contributed by atoms with Crippen molar-refractivity contribution in [2.45, 2.75) is 25.1 Å². The first-order chi connectivity index (χ1) is 16.6. The maximum atomic E-state index is 13.9. The number of hydrogen-bond donors (Lipinski definition) is 1. The normalized spacial score (nSPS) is 13.9. The van der Waals surface area contributed by atoms with Gasteiger partial charge in [-0.2, -0.15) is 13.2 Å². The smallest absolute Gasteiger partial charge is 0.355 e. The molecule has 2 aromatic heterocycles. The van der Waals surface area contributed by atoms with Gasteiger partial charge in [0.05, 0.1) is 16.9 Å². The lowest BCUT2D eigenvalue weighted by atomic mass is 10.1. The number of para-hydroxylation sites is 1. The molecule has 11 heteroatoms. The van der Waals surface area contributed by atoms with Crippen molar-refractivity contribution < 1.29 is 13.2 Å². The predicted octanol–water partition coefficient (Wildman–Crippen LogP) is 4.60. The van der Waals surface area contributed by atoms with Crippen LogP contribution >= 0.6 is 11.6 Å². The maximum Gasteiger partial charge on any atom is 0.418 e. The highest BCUT2D eigenvalue weighted by Gasteiger charge is 2.36. The number of fused-ring (bicyclic) bond motifs is 1. The minimum atomic E-state index is -4.78. The van der Waals surface area contributed by atoms with Gasteiger partial charge in [0, 0.05) is 29.9 Å². The molecule has 5 rings (SSSR count). The van der Waals surface area contributed by atoms with Crippen LogP contribution in [0.1, 0.15) is 24.4 Å². The quantitative estimate of drug-likeness (QED) is 0.442. The first-order valence-corrected chi connectivity index (χ1v) is 11.1. The van der Waals surface area contributed by atoms with Crippen molar-refractivity contribution in [2.24, 2.45) is 7.05 Å². The maximum absolute atomic E-state index is 13.9. The zero-order valence-electron chi connectivity index (χ0n) is 18.3. The summed E-state index contributed by atoms with van der Waals surface area (Å²) in [5.41, 5.74) is -3.43. The van der Waals surface area contributed by atoms with Crippen LogP contribution in [0.2, 0.25) is 5.02 Å². The first kappa shape index (κ1) is 23.0. The predicted molar refractivity (Wildman–Crippen MR) is 127 cm³/mol. The molecule has 1 aliphatic rings. The lowest BCUT2D eigenvalue weighted by Gasteiger charge is -2.21. The Morgan fingerprint density at radius 3 is 2.29 bits per heavy atom. The molecule has 1 saturated carbocycles. The van der Waals surface area contributed by atoms with Crippen LogP contribution in [-0.4, -0.2) is 13.7 Å². The van der Waals surface area contributed by atoms with Crippen LogP contribution in [0, 0.1) is 0 Å². The molecule has 4 aromatic rings. The van der Waals surface area contributed by atoms with Gasteiger partial charge in [-0.25, -0.2) is 9.36 Å². The van der Waals surface area contributed by atoms with Crippen molar-refractivity contribution in [2.75, 3.05) is 5.32 Å². The fraction of sp³-hybridized carbons (Fsp3) is 0.208. The molecule has 0 atom stereocenters. The summed E-state index contributed by atoms with van der Waals surface area (Å²) < 4.78 is 44.6. The molecule has 1 N–H and O–H groups in total. The molecular weight excluding hydrogens is 485 g/mol. The highest BCUT2D eigenvalue weighted by atomic mass is 35.5. The number of pyridine rings is 1. The average molecular weight is 503 g/mol. The Kier molecular flexibility index (Phi) is 5.36. The Morgan fingerprint density at radius 2 is 1.66 bits per heavy atom. The van der Waals surface area contributed by atoms with Crippen molar-refractivity contribution in [3.63, 3.8) is 0 Å². The van der Waals surface area contributed by atoms with E-state index in [1.807, 2.05) is 0 Å². The van der Waals surface area contributed by atoms with Crippen molar-refractivity contribution in [1.29, 1.82) is 0 Å². The molecule has 0 unspecified atom stereocenters. The molecule has 0 amide bonds. The molecule has 0 spiro atoms. The number of alkyl halides is 3. The van der Waals surface area contributed by atoms with Crippen LogP contribution < -0.4 is 22.1 Å². The van der Waals surface area contributed by atoms with Gasteiger partial charge in [-0.1, -0.05) is 23.7 Å². The second-order valence-electron chi connectivity index (χ2n) is 8.32. The molecule has 2 heterocycles. The average Bonchev–Trinajstić information content (AvgIpc) is 3.63. The highest BCUT2D eigenvalue weighted by molar-refractivity contribution is 6.30. The molecule has 0 aliphatic heterocycles. The molecule has 35 heavy (non-hydrogen) atoms. The van der Waals surface area contributed by atoms with Crippen molar-refractivity contribution in [3.8, 4) is 5.69 Å². The number of benzene rings is 2. The summed E-state index contributed by atoms with van der Waals surface area (Å²) in [4.78, 5) is 40.0. The monoisotopic (exact) mass is 502 g/mol. The molecule has 180 valence electrons. The van der Waals surface area contributed by atoms with Gasteiger partial charge in [0.1, 0.15) is 11.0 Å². The van der Waals surface area contributed by atoms with Gasteiger partial charge in [-0.05, 0) is 49.2 Å². The summed E-state index contributed by atoms with van der Waals surface area (Å²) in [6.45, 7) is 0. The van der Waals surface area contributed by atoms with Gasteiger partial charge in [-0.3, -0.25) is 18.7 Å². The third-order valence-corrected chi connectivity index (χ3v) is 6.19. The number of aromatic nitrogens is 3. The third-order valence-electron chi connectivity index (χ3n) is 5.94. The lowest BCUT2D eigenvalue weighted by molar-refractivity contribution is -0.137. The number of hydrogen-bond acceptors (Lipinski definition) is 4. The standard InChI is InChI=1S/C24H18ClF3N4O3/c1-30-19(33)12-17(29-14-8-6-13(25)7-9-14)20-21(30)32(23(35)31(22(20)34)15-10-11-15)18-5-3-2-4-16(18)24(26,27)28/h2-9,12,15,29H,10-11H2,1H3. The van der Waals surface area contributed by atoms with E-state index in [4.69, 9.17) is 11.6 Å². The number of nitrogens with zero attached hydrogens (tertiary/aromatic N) is 3. The number of aryl methyl sites for hydroxylation is 1. The zero-order chi connectivity index (χ0) is 25.1. The molecule has 2 aromatic carbocycles. The zero-order valence-corrected chi connectivity index (χ0v) is 19.0. The molecule has 1 fully saturated rings. The topological polar surface area (TPSA) is 78.0 Å². The van der Waals surface area contributed by atoms with Gasteiger partial charge in [-0.15, -0.1) is 0 Å². The number of halogens is 4. The second-order valence-corrected chi connectivity index (χ2v) is 8.76. The molecule has 7 nitrogen and oxygen atoms in total. The molecule has 0 bridgehead atoms. The van der Waals surface area contributed by atoms with E-state index in [-0.39, 0.29) is 16.7 Å². The van der Waals surface area contributed by atoms with Gasteiger partial charge >= 0.3 is 11.9 Å². The minimum absolute atomic E-state index is 0.0723. The van der Waals surface area contributed by atoms with Crippen molar-refractivity contribution >= 4 is 34.0 Å². The van der Waals surface area contributed by atoms with E-state index in [2.05, 4.69) is 5.32 Å². The summed E-state index contributed by atoms with van der Waals surface area (Å²) in [6, 6.07) is 11.8. The van der Waals surface area contributed by atoms with Crippen LogP contribution in [0.5, 0.6) is 0 Å². The van der Waals surface area contributed by atoms with Crippen LogP contribution in [0.4, 0.5) is 24.5 Å². The highest BCUT2D eigenvalue weighted by Crippen LogP contribution is 2.36. The summed E-state index contributed by atoms with van der Waals surface area (Å²) in [5, 5.41) is 3.38. The summed E-state index contributed by atoms with van der Waals surface area (Å²) in [7, 11) is 1.31. The van der Waals surface area contributed by atoms with Crippen molar-refractivity contribution in [1.82, 2.24) is 13.7 Å². The second kappa shape index (κ2) is 8.16. The minimum Gasteiger partial charge on any atom is -0.355 e. The Morgan fingerprint density at radius 1 is 1.00 bits per heavy atom. The molecular formula is C24H18ClF3N4O3. The molecule has 0 radical (unpaired) electrons. The Bertz CT molecular complexity index is 1650. The van der Waals surface area contributed by atoms with E-state index in [9.17, 15) is 27.6 Å². The Labute approximate surface area is 200 Å². The van der Waals surface area contributed by atoms with Crippen LogP contribution in [0.15, 0.2) is 69.0 Å². The first-order valence-electron chi connectivity index (χ1n) is 10.7. The summed E-state index contributed by atoms with van der Waals surface area (Å²) >= 11 is 5.94. The van der Waals surface area contributed by atoms with E-state index in [0.29, 0.717) is 23.6 Å². The van der Waals surface area contributed by atoms with Gasteiger partial charge in [0.15, 0.2) is 0 Å². The van der Waals surface area contributed by atoms with E-state index >= 15 is 0 Å². The van der Waals surface area contributed by atoms with E-state index in [1.165, 1.54) is 25.2 Å². The molecule has 1 aliphatic carbocycles. The van der Waals surface area contributed by atoms with Gasteiger partial charge in [0.25, 0.3) is 11.1 Å². The van der Waals surface area contributed by atoms with Crippen LogP contribution in [-0.2, 0) is 13.2 Å². The third kappa shape index (κ3) is 3.93. The number of rotatable bonds is 4. The lowest BCUT2D eigenvalue weighted by Crippen LogP contribution is -2.41. The fourth-order valence-corrected chi connectivity index (χ4v) is 4.26. The van der Waals surface area contributed by atoms with E-state index in [0.717, 1.165) is 25.8 Å². The Hall–Kier alpha value is -3.79. The van der Waals surface area contributed by atoms with E-state index in [1.54, 1.807) is 24.3 Å². The van der Waals surface area contributed by atoms with Gasteiger partial charge in [0.2, 0.25) is 0 Å². The van der Waals surface area contributed by atoms with E-state index < -0.39 is 40.3 Å². The summed E-state index contributed by atoms with van der Waals surface area (Å²) in [5.74, 6) is 0.